The number of benzene rings is 1. The van der Waals surface area contributed by atoms with Crippen molar-refractivity contribution in [1.82, 2.24) is 4.57 Å². The number of rotatable bonds is 1. The first-order valence-corrected chi connectivity index (χ1v) is 5.12. The quantitative estimate of drug-likeness (QED) is 0.685. The Morgan fingerprint density at radius 1 is 1.31 bits per heavy atom. The Bertz CT molecular complexity index is 614. The highest BCUT2D eigenvalue weighted by molar-refractivity contribution is 5.73. The second-order valence-electron chi connectivity index (χ2n) is 3.88. The molecule has 0 aliphatic carbocycles. The minimum atomic E-state index is 0.630. The van der Waals surface area contributed by atoms with Gasteiger partial charge in [0, 0.05) is 18.9 Å². The average Bonchev–Trinajstić information content (AvgIpc) is 2.33. The summed E-state index contributed by atoms with van der Waals surface area (Å²) in [7, 11) is 3.55. The molecule has 0 radical (unpaired) electrons. The first kappa shape index (κ1) is 10.7. The van der Waals surface area contributed by atoms with Crippen molar-refractivity contribution in [1.29, 1.82) is 0 Å². The minimum Gasteiger partial charge on any atom is -0.496 e. The standard InChI is InChI=1S/C12H15N2O2/c1-8-9(2)14(15)12-7-10(16-4)5-6-11(12)13(8)3/h5-7H,1-4H3/q+1. The molecule has 0 bridgehead atoms. The van der Waals surface area contributed by atoms with E-state index in [1.165, 1.54) is 0 Å². The van der Waals surface area contributed by atoms with Crippen LogP contribution in [0.5, 0.6) is 5.75 Å². The Balaban J connectivity index is 2.97. The van der Waals surface area contributed by atoms with Crippen molar-refractivity contribution in [2.24, 2.45) is 7.05 Å². The van der Waals surface area contributed by atoms with Gasteiger partial charge in [-0.2, -0.15) is 0 Å². The van der Waals surface area contributed by atoms with Crippen molar-refractivity contribution in [2.45, 2.75) is 13.8 Å². The molecule has 2 rings (SSSR count). The van der Waals surface area contributed by atoms with E-state index in [2.05, 4.69) is 0 Å². The van der Waals surface area contributed by atoms with E-state index in [1.807, 2.05) is 37.6 Å². The zero-order valence-electron chi connectivity index (χ0n) is 9.94. The van der Waals surface area contributed by atoms with E-state index in [0.29, 0.717) is 17.0 Å². The van der Waals surface area contributed by atoms with Gasteiger partial charge in [-0.1, -0.05) is 0 Å². The predicted molar refractivity (Wildman–Crippen MR) is 62.3 cm³/mol. The molecule has 0 N–H and O–H groups in total. The van der Waals surface area contributed by atoms with Gasteiger partial charge in [0.15, 0.2) is 0 Å². The lowest BCUT2D eigenvalue weighted by Gasteiger charge is -2.06. The van der Waals surface area contributed by atoms with Crippen molar-refractivity contribution in [3.63, 3.8) is 0 Å². The van der Waals surface area contributed by atoms with Crippen LogP contribution in [0.25, 0.3) is 11.0 Å². The number of hydrogen-bond acceptors (Lipinski definition) is 2. The molecule has 0 aliphatic rings. The maximum absolute atomic E-state index is 12.0. The Kier molecular flexibility index (Phi) is 2.42. The molecule has 0 fully saturated rings. The molecule has 4 nitrogen and oxygen atoms in total. The minimum absolute atomic E-state index is 0.630. The maximum atomic E-state index is 12.0. The normalized spacial score (nSPS) is 10.8. The van der Waals surface area contributed by atoms with Gasteiger partial charge in [-0.15, -0.1) is 0 Å². The largest absolute Gasteiger partial charge is 0.496 e. The number of aryl methyl sites for hydroxylation is 1. The zero-order valence-corrected chi connectivity index (χ0v) is 9.94. The summed E-state index contributed by atoms with van der Waals surface area (Å²) in [5.74, 6) is 0.695. The molecule has 0 saturated carbocycles. The number of aromatic nitrogens is 2. The molecule has 0 spiro atoms. The lowest BCUT2D eigenvalue weighted by molar-refractivity contribution is -0.473. The molecule has 0 amide bonds. The SMILES string of the molecule is COc1ccc2c(c1)[n+](=O)c(C)c(C)n2C. The average molecular weight is 219 g/mol. The van der Waals surface area contributed by atoms with Crippen molar-refractivity contribution < 1.29 is 9.16 Å². The van der Waals surface area contributed by atoms with Crippen molar-refractivity contribution in [2.75, 3.05) is 7.11 Å². The van der Waals surface area contributed by atoms with Gasteiger partial charge in [0.2, 0.25) is 0 Å². The van der Waals surface area contributed by atoms with Gasteiger partial charge in [-0.3, -0.25) is 0 Å². The number of fused-ring (bicyclic) bond motifs is 1. The smallest absolute Gasteiger partial charge is 0.290 e. The highest BCUT2D eigenvalue weighted by Crippen LogP contribution is 2.18. The van der Waals surface area contributed by atoms with Gasteiger partial charge in [-0.25, -0.2) is 0 Å². The van der Waals surface area contributed by atoms with E-state index in [0.717, 1.165) is 15.6 Å². The fourth-order valence-corrected chi connectivity index (χ4v) is 1.83. The van der Waals surface area contributed by atoms with Crippen molar-refractivity contribution in [3.8, 4) is 5.75 Å². The molecule has 0 aliphatic heterocycles. The van der Waals surface area contributed by atoms with Crippen LogP contribution in [-0.4, -0.2) is 11.7 Å². The number of hydrogen-bond donors (Lipinski definition) is 0. The Hall–Kier alpha value is -1.84. The highest BCUT2D eigenvalue weighted by atomic mass is 16.5. The summed E-state index contributed by atoms with van der Waals surface area (Å²) in [6, 6.07) is 5.51. The van der Waals surface area contributed by atoms with Crippen LogP contribution in [0.15, 0.2) is 18.2 Å². The lowest BCUT2D eigenvalue weighted by atomic mass is 10.2. The monoisotopic (exact) mass is 219 g/mol. The third-order valence-corrected chi connectivity index (χ3v) is 3.09. The van der Waals surface area contributed by atoms with E-state index in [9.17, 15) is 4.91 Å². The molecule has 1 heterocycles. The van der Waals surface area contributed by atoms with Crippen LogP contribution < -0.4 is 9.16 Å². The number of nitrogens with zero attached hydrogens (tertiary/aromatic N) is 2. The molecule has 1 aromatic carbocycles. The van der Waals surface area contributed by atoms with Crippen LogP contribution in [0.3, 0.4) is 0 Å². The maximum Gasteiger partial charge on any atom is 0.290 e. The van der Waals surface area contributed by atoms with Gasteiger partial charge >= 0.3 is 0 Å². The topological polar surface area (TPSA) is 37.1 Å². The molecule has 4 heteroatoms. The first-order valence-electron chi connectivity index (χ1n) is 5.12. The second-order valence-corrected chi connectivity index (χ2v) is 3.88. The van der Waals surface area contributed by atoms with Gasteiger partial charge in [0.25, 0.3) is 11.2 Å². The van der Waals surface area contributed by atoms with Gasteiger partial charge in [-0.05, 0) is 19.1 Å². The Labute approximate surface area is 93.7 Å². The molecule has 0 unspecified atom stereocenters. The van der Waals surface area contributed by atoms with Crippen LogP contribution >= 0.6 is 0 Å². The van der Waals surface area contributed by atoms with Crippen LogP contribution in [0.2, 0.25) is 0 Å². The molecular weight excluding hydrogens is 204 g/mol. The van der Waals surface area contributed by atoms with E-state index in [4.69, 9.17) is 4.74 Å². The van der Waals surface area contributed by atoms with Gasteiger partial charge < -0.3 is 9.30 Å². The Morgan fingerprint density at radius 3 is 2.62 bits per heavy atom. The molecular formula is C12H15N2O2+. The Morgan fingerprint density at radius 2 is 2.00 bits per heavy atom. The van der Waals surface area contributed by atoms with E-state index in [1.54, 1.807) is 13.2 Å². The van der Waals surface area contributed by atoms with Gasteiger partial charge in [0.05, 0.1) is 23.3 Å². The molecule has 0 atom stereocenters. The van der Waals surface area contributed by atoms with Crippen molar-refractivity contribution >= 4 is 11.0 Å². The van der Waals surface area contributed by atoms with E-state index in [-0.39, 0.29) is 0 Å². The van der Waals surface area contributed by atoms with Crippen LogP contribution in [0.1, 0.15) is 11.4 Å². The second kappa shape index (κ2) is 3.63. The summed E-state index contributed by atoms with van der Waals surface area (Å²) >= 11 is 0. The summed E-state index contributed by atoms with van der Waals surface area (Å²) in [6.45, 7) is 3.76. The fraction of sp³-hybridized carbons (Fsp3) is 0.333. The summed E-state index contributed by atoms with van der Waals surface area (Å²) in [6.07, 6.45) is 0. The van der Waals surface area contributed by atoms with Crippen LogP contribution in [0, 0.1) is 18.8 Å². The third-order valence-electron chi connectivity index (χ3n) is 3.09. The van der Waals surface area contributed by atoms with Crippen molar-refractivity contribution in [3.05, 3.63) is 34.5 Å². The molecule has 2 aromatic rings. The molecule has 0 saturated heterocycles. The van der Waals surface area contributed by atoms with Gasteiger partial charge in [0.1, 0.15) is 11.3 Å². The van der Waals surface area contributed by atoms with Crippen LogP contribution in [0.4, 0.5) is 0 Å². The highest BCUT2D eigenvalue weighted by Gasteiger charge is 2.17. The number of ether oxygens (including phenoxy) is 1. The zero-order chi connectivity index (χ0) is 11.9. The van der Waals surface area contributed by atoms with Crippen LogP contribution in [-0.2, 0) is 7.05 Å². The summed E-state index contributed by atoms with van der Waals surface area (Å²) in [4.78, 5) is 12.0. The number of methoxy groups -OCH3 is 1. The fourth-order valence-electron chi connectivity index (χ4n) is 1.83. The van der Waals surface area contributed by atoms with E-state index < -0.39 is 0 Å². The summed E-state index contributed by atoms with van der Waals surface area (Å²) < 4.78 is 8.09. The third kappa shape index (κ3) is 1.38. The summed E-state index contributed by atoms with van der Waals surface area (Å²) in [5.41, 5.74) is 3.21. The lowest BCUT2D eigenvalue weighted by Crippen LogP contribution is -2.24. The molecule has 1 aromatic heterocycles. The summed E-state index contributed by atoms with van der Waals surface area (Å²) in [5, 5.41) is 0. The first-order chi connectivity index (χ1) is 7.56. The molecule has 84 valence electrons. The molecule has 16 heavy (non-hydrogen) atoms. The predicted octanol–water partition coefficient (Wildman–Crippen LogP) is 1.72. The van der Waals surface area contributed by atoms with E-state index >= 15 is 0 Å².